The summed E-state index contributed by atoms with van der Waals surface area (Å²) >= 11 is 0. The van der Waals surface area contributed by atoms with Gasteiger partial charge in [-0.05, 0) is 31.8 Å². The van der Waals surface area contributed by atoms with E-state index >= 15 is 0 Å². The topological polar surface area (TPSA) is 68.0 Å². The predicted molar refractivity (Wildman–Crippen MR) is 66.9 cm³/mol. The average molecular weight is 246 g/mol. The van der Waals surface area contributed by atoms with E-state index in [9.17, 15) is 0 Å². The Hall–Kier alpha value is -0.200. The zero-order chi connectivity index (χ0) is 12.6. The molecule has 1 rings (SSSR count). The van der Waals surface area contributed by atoms with Crippen molar-refractivity contribution in [3.05, 3.63) is 0 Å². The molecule has 1 aliphatic heterocycles. The second kappa shape index (κ2) is 8.00. The van der Waals surface area contributed by atoms with Gasteiger partial charge < -0.3 is 25.2 Å². The second-order valence-electron chi connectivity index (χ2n) is 4.89. The van der Waals surface area contributed by atoms with Crippen LogP contribution in [0, 0.1) is 5.41 Å². The van der Waals surface area contributed by atoms with Crippen molar-refractivity contribution in [1.82, 2.24) is 4.90 Å². The van der Waals surface area contributed by atoms with Crippen molar-refractivity contribution in [2.24, 2.45) is 11.1 Å². The van der Waals surface area contributed by atoms with Gasteiger partial charge in [0.05, 0.1) is 19.8 Å². The van der Waals surface area contributed by atoms with Crippen molar-refractivity contribution in [2.75, 3.05) is 59.7 Å². The Morgan fingerprint density at radius 3 is 2.65 bits per heavy atom. The summed E-state index contributed by atoms with van der Waals surface area (Å²) in [6.45, 7) is 5.42. The molecule has 5 nitrogen and oxygen atoms in total. The van der Waals surface area contributed by atoms with Crippen LogP contribution >= 0.6 is 0 Å². The van der Waals surface area contributed by atoms with Crippen molar-refractivity contribution in [3.8, 4) is 0 Å². The molecule has 1 fully saturated rings. The normalized spacial score (nSPS) is 19.8. The van der Waals surface area contributed by atoms with Crippen LogP contribution in [0.15, 0.2) is 0 Å². The molecule has 0 aromatic heterocycles. The van der Waals surface area contributed by atoms with E-state index < -0.39 is 0 Å². The Balaban J connectivity index is 2.24. The Morgan fingerprint density at radius 2 is 2.06 bits per heavy atom. The molecular formula is C12H26N2O3. The molecule has 0 atom stereocenters. The lowest BCUT2D eigenvalue weighted by Gasteiger charge is -2.39. The Labute approximate surface area is 104 Å². The van der Waals surface area contributed by atoms with Crippen molar-refractivity contribution in [1.29, 1.82) is 0 Å². The lowest BCUT2D eigenvalue weighted by Crippen LogP contribution is -2.45. The minimum absolute atomic E-state index is 0.0911. The van der Waals surface area contributed by atoms with Crippen molar-refractivity contribution >= 4 is 0 Å². The lowest BCUT2D eigenvalue weighted by atomic mass is 9.80. The Morgan fingerprint density at radius 1 is 1.35 bits per heavy atom. The number of rotatable bonds is 8. The van der Waals surface area contributed by atoms with Gasteiger partial charge in [0.1, 0.15) is 0 Å². The fourth-order valence-corrected chi connectivity index (χ4v) is 2.27. The summed E-state index contributed by atoms with van der Waals surface area (Å²) in [5.41, 5.74) is 6.13. The first-order chi connectivity index (χ1) is 8.22. The number of hydrogen-bond acceptors (Lipinski definition) is 5. The van der Waals surface area contributed by atoms with Gasteiger partial charge in [0.2, 0.25) is 0 Å². The largest absolute Gasteiger partial charge is 0.394 e. The summed E-state index contributed by atoms with van der Waals surface area (Å²) in [7, 11) is 2.09. The van der Waals surface area contributed by atoms with Crippen LogP contribution in [0.25, 0.3) is 0 Å². The van der Waals surface area contributed by atoms with E-state index in [0.717, 1.165) is 45.7 Å². The highest BCUT2D eigenvalue weighted by molar-refractivity contribution is 4.85. The third-order valence-electron chi connectivity index (χ3n) is 3.44. The minimum Gasteiger partial charge on any atom is -0.394 e. The molecule has 0 amide bonds. The van der Waals surface area contributed by atoms with Crippen LogP contribution in [0.5, 0.6) is 0 Å². The fraction of sp³-hybridized carbons (Fsp3) is 1.00. The first-order valence-corrected chi connectivity index (χ1v) is 6.37. The van der Waals surface area contributed by atoms with Gasteiger partial charge in [-0.1, -0.05) is 0 Å². The lowest BCUT2D eigenvalue weighted by molar-refractivity contribution is -0.00143. The smallest absolute Gasteiger partial charge is 0.0698 e. The maximum atomic E-state index is 8.60. The molecule has 0 bridgehead atoms. The molecule has 17 heavy (non-hydrogen) atoms. The molecule has 0 aromatic rings. The number of aliphatic hydroxyl groups is 1. The first-order valence-electron chi connectivity index (χ1n) is 6.37. The predicted octanol–water partition coefficient (Wildman–Crippen LogP) is -0.317. The molecule has 0 unspecified atom stereocenters. The first kappa shape index (κ1) is 14.9. The van der Waals surface area contributed by atoms with Crippen molar-refractivity contribution in [2.45, 2.75) is 12.8 Å². The van der Waals surface area contributed by atoms with Crippen LogP contribution in [-0.2, 0) is 9.47 Å². The quantitative estimate of drug-likeness (QED) is 0.575. The van der Waals surface area contributed by atoms with E-state index in [-0.39, 0.29) is 12.0 Å². The number of aliphatic hydroxyl groups excluding tert-OH is 1. The van der Waals surface area contributed by atoms with Crippen molar-refractivity contribution in [3.63, 3.8) is 0 Å². The van der Waals surface area contributed by atoms with Crippen LogP contribution in [0.3, 0.4) is 0 Å². The van der Waals surface area contributed by atoms with E-state index in [2.05, 4.69) is 11.9 Å². The summed E-state index contributed by atoms with van der Waals surface area (Å²) in [5.74, 6) is 0. The van der Waals surface area contributed by atoms with E-state index in [0.29, 0.717) is 13.2 Å². The molecule has 1 aliphatic rings. The molecule has 0 saturated carbocycles. The van der Waals surface area contributed by atoms with E-state index in [1.54, 1.807) is 0 Å². The monoisotopic (exact) mass is 246 g/mol. The van der Waals surface area contributed by atoms with Gasteiger partial charge in [-0.15, -0.1) is 0 Å². The van der Waals surface area contributed by atoms with Gasteiger partial charge >= 0.3 is 0 Å². The van der Waals surface area contributed by atoms with Gasteiger partial charge in [-0.2, -0.15) is 0 Å². The summed E-state index contributed by atoms with van der Waals surface area (Å²) in [4.78, 5) is 2.26. The molecule has 5 heteroatoms. The zero-order valence-electron chi connectivity index (χ0n) is 10.9. The number of likely N-dealkylation sites (N-methyl/N-ethyl adjacent to an activating group) is 1. The van der Waals surface area contributed by atoms with Crippen LogP contribution in [0.1, 0.15) is 12.8 Å². The summed E-state index contributed by atoms with van der Waals surface area (Å²) in [6, 6.07) is 0. The summed E-state index contributed by atoms with van der Waals surface area (Å²) < 4.78 is 10.7. The highest BCUT2D eigenvalue weighted by Gasteiger charge is 2.32. The van der Waals surface area contributed by atoms with Crippen LogP contribution < -0.4 is 5.73 Å². The molecule has 102 valence electrons. The number of nitrogens with two attached hydrogens (primary N) is 1. The molecular weight excluding hydrogens is 220 g/mol. The van der Waals surface area contributed by atoms with Gasteiger partial charge in [-0.3, -0.25) is 0 Å². The third-order valence-corrected chi connectivity index (χ3v) is 3.44. The van der Waals surface area contributed by atoms with Crippen LogP contribution in [0.2, 0.25) is 0 Å². The van der Waals surface area contributed by atoms with Crippen LogP contribution in [0.4, 0.5) is 0 Å². The van der Waals surface area contributed by atoms with Gasteiger partial charge in [0.15, 0.2) is 0 Å². The summed E-state index contributed by atoms with van der Waals surface area (Å²) in [6.07, 6.45) is 2.09. The molecule has 0 radical (unpaired) electrons. The molecule has 1 saturated heterocycles. The van der Waals surface area contributed by atoms with Gasteiger partial charge in [0.25, 0.3) is 0 Å². The maximum Gasteiger partial charge on any atom is 0.0698 e. The number of nitrogens with zero attached hydrogens (tertiary/aromatic N) is 1. The highest BCUT2D eigenvalue weighted by Crippen LogP contribution is 2.29. The standard InChI is InChI=1S/C12H26N2O3/c1-14(4-8-17-9-5-15)11-12(10-13)2-6-16-7-3-12/h15H,2-11,13H2,1H3. The molecule has 0 spiro atoms. The highest BCUT2D eigenvalue weighted by atomic mass is 16.5. The van der Waals surface area contributed by atoms with Gasteiger partial charge in [0, 0.05) is 26.3 Å². The second-order valence-corrected chi connectivity index (χ2v) is 4.89. The van der Waals surface area contributed by atoms with Crippen LogP contribution in [-0.4, -0.2) is 69.7 Å². The van der Waals surface area contributed by atoms with E-state index in [4.69, 9.17) is 20.3 Å². The average Bonchev–Trinajstić information content (AvgIpc) is 2.36. The zero-order valence-corrected chi connectivity index (χ0v) is 10.9. The van der Waals surface area contributed by atoms with Gasteiger partial charge in [-0.25, -0.2) is 0 Å². The Kier molecular flexibility index (Phi) is 6.99. The van der Waals surface area contributed by atoms with E-state index in [1.807, 2.05) is 0 Å². The fourth-order valence-electron chi connectivity index (χ4n) is 2.27. The third kappa shape index (κ3) is 5.31. The molecule has 0 aromatic carbocycles. The SMILES string of the molecule is CN(CCOCCO)CC1(CN)CCOCC1. The minimum atomic E-state index is 0.0911. The molecule has 1 heterocycles. The number of ether oxygens (including phenoxy) is 2. The maximum absolute atomic E-state index is 8.60. The number of hydrogen-bond donors (Lipinski definition) is 2. The summed E-state index contributed by atoms with van der Waals surface area (Å²) in [5, 5.41) is 8.60. The van der Waals surface area contributed by atoms with Crippen molar-refractivity contribution < 1.29 is 14.6 Å². The van der Waals surface area contributed by atoms with E-state index in [1.165, 1.54) is 0 Å². The Bertz CT molecular complexity index is 196. The molecule has 3 N–H and O–H groups in total. The molecule has 0 aliphatic carbocycles.